The van der Waals surface area contributed by atoms with Crippen LogP contribution in [-0.4, -0.2) is 35.5 Å². The van der Waals surface area contributed by atoms with Gasteiger partial charge in [-0.2, -0.15) is 0 Å². The molecule has 0 saturated carbocycles. The molecule has 7 nitrogen and oxygen atoms in total. The lowest BCUT2D eigenvalue weighted by Crippen LogP contribution is -2.26. The third kappa shape index (κ3) is 5.92. The van der Waals surface area contributed by atoms with Crippen molar-refractivity contribution in [1.82, 2.24) is 15.3 Å². The number of nitrogens with one attached hydrogen (secondary N) is 2. The normalized spacial score (nSPS) is 10.4. The van der Waals surface area contributed by atoms with Crippen LogP contribution in [-0.2, 0) is 4.74 Å². The summed E-state index contributed by atoms with van der Waals surface area (Å²) >= 11 is 6.18. The van der Waals surface area contributed by atoms with Crippen LogP contribution < -0.4 is 10.6 Å². The highest BCUT2D eigenvalue weighted by molar-refractivity contribution is 6.33. The van der Waals surface area contributed by atoms with Crippen LogP contribution in [0.4, 0.5) is 11.6 Å². The molecule has 0 saturated heterocycles. The first-order chi connectivity index (χ1) is 12.9. The van der Waals surface area contributed by atoms with E-state index < -0.39 is 5.97 Å². The lowest BCUT2D eigenvalue weighted by atomic mass is 10.2. The number of esters is 1. The molecule has 0 fully saturated rings. The fraction of sp³-hybridized carbons (Fsp3) is 0.368. The zero-order valence-electron chi connectivity index (χ0n) is 15.6. The van der Waals surface area contributed by atoms with E-state index in [0.29, 0.717) is 28.5 Å². The molecule has 0 bridgehead atoms. The Morgan fingerprint density at radius 3 is 2.67 bits per heavy atom. The molecule has 27 heavy (non-hydrogen) atoms. The second kappa shape index (κ2) is 9.87. The van der Waals surface area contributed by atoms with Crippen molar-refractivity contribution in [2.75, 3.05) is 19.0 Å². The van der Waals surface area contributed by atoms with E-state index in [2.05, 4.69) is 27.5 Å². The van der Waals surface area contributed by atoms with Crippen LogP contribution in [0.3, 0.4) is 0 Å². The number of benzene rings is 1. The van der Waals surface area contributed by atoms with Gasteiger partial charge < -0.3 is 15.4 Å². The first-order valence-electron chi connectivity index (χ1n) is 8.73. The van der Waals surface area contributed by atoms with Crippen LogP contribution in [0.1, 0.15) is 52.7 Å². The van der Waals surface area contributed by atoms with Crippen molar-refractivity contribution in [3.8, 4) is 0 Å². The lowest BCUT2D eigenvalue weighted by Gasteiger charge is -2.11. The molecule has 1 aromatic heterocycles. The van der Waals surface area contributed by atoms with Gasteiger partial charge in [0.1, 0.15) is 5.69 Å². The Morgan fingerprint density at radius 2 is 1.96 bits per heavy atom. The number of methoxy groups -OCH3 is 1. The summed E-state index contributed by atoms with van der Waals surface area (Å²) < 4.78 is 4.71. The molecule has 8 heteroatoms. The topological polar surface area (TPSA) is 93.2 Å². The minimum Gasteiger partial charge on any atom is -0.465 e. The summed E-state index contributed by atoms with van der Waals surface area (Å²) in [7, 11) is 1.30. The van der Waals surface area contributed by atoms with E-state index in [1.807, 2.05) is 0 Å². The fourth-order valence-electron chi connectivity index (χ4n) is 2.39. The van der Waals surface area contributed by atoms with E-state index in [0.717, 1.165) is 19.3 Å². The van der Waals surface area contributed by atoms with Gasteiger partial charge in [0.25, 0.3) is 5.91 Å². The molecule has 0 atom stereocenters. The van der Waals surface area contributed by atoms with E-state index >= 15 is 0 Å². The van der Waals surface area contributed by atoms with Gasteiger partial charge in [-0.05, 0) is 37.6 Å². The zero-order valence-corrected chi connectivity index (χ0v) is 16.4. The summed E-state index contributed by atoms with van der Waals surface area (Å²) in [6, 6.07) is 6.30. The van der Waals surface area contributed by atoms with Gasteiger partial charge in [0, 0.05) is 12.2 Å². The van der Waals surface area contributed by atoms with Gasteiger partial charge in [-0.3, -0.25) is 4.79 Å². The summed E-state index contributed by atoms with van der Waals surface area (Å²) in [4.78, 5) is 32.5. The van der Waals surface area contributed by atoms with Crippen LogP contribution in [0.15, 0.2) is 24.3 Å². The molecule has 2 rings (SSSR count). The number of carbonyl (C=O) groups is 2. The summed E-state index contributed by atoms with van der Waals surface area (Å²) in [5.41, 5.74) is 1.68. The zero-order chi connectivity index (χ0) is 19.8. The van der Waals surface area contributed by atoms with Crippen molar-refractivity contribution in [1.29, 1.82) is 0 Å². The molecular weight excluding hydrogens is 368 g/mol. The molecular formula is C19H23ClN4O3. The number of amides is 1. The molecule has 0 radical (unpaired) electrons. The Hall–Kier alpha value is -2.67. The van der Waals surface area contributed by atoms with Crippen molar-refractivity contribution in [2.24, 2.45) is 0 Å². The Labute approximate surface area is 163 Å². The molecule has 0 aliphatic rings. The lowest BCUT2D eigenvalue weighted by molar-refractivity contribution is 0.0600. The Bertz CT molecular complexity index is 827. The average Bonchev–Trinajstić information content (AvgIpc) is 2.65. The van der Waals surface area contributed by atoms with Crippen LogP contribution in [0.5, 0.6) is 0 Å². The number of hydrogen-bond acceptors (Lipinski definition) is 6. The number of rotatable bonds is 8. The highest BCUT2D eigenvalue weighted by Crippen LogP contribution is 2.26. The van der Waals surface area contributed by atoms with Crippen LogP contribution >= 0.6 is 11.6 Å². The number of carbonyl (C=O) groups excluding carboxylic acids is 2. The average molecular weight is 391 g/mol. The first-order valence-corrected chi connectivity index (χ1v) is 9.11. The third-order valence-electron chi connectivity index (χ3n) is 3.79. The predicted molar refractivity (Wildman–Crippen MR) is 105 cm³/mol. The number of aryl methyl sites for hydroxylation is 1. The van der Waals surface area contributed by atoms with Gasteiger partial charge in [-0.25, -0.2) is 14.8 Å². The minimum absolute atomic E-state index is 0.220. The SMILES string of the molecule is CCCCCNC(=O)c1cc(C)nc(Nc2cc(C(=O)OC)ccc2Cl)n1. The molecule has 2 aromatic rings. The van der Waals surface area contributed by atoms with Crippen molar-refractivity contribution in [2.45, 2.75) is 33.1 Å². The number of halogens is 1. The molecule has 0 aliphatic carbocycles. The second-order valence-corrected chi connectivity index (χ2v) is 6.40. The predicted octanol–water partition coefficient (Wildman–Crippen LogP) is 3.89. The quantitative estimate of drug-likeness (QED) is 0.524. The number of hydrogen-bond donors (Lipinski definition) is 2. The van der Waals surface area contributed by atoms with Gasteiger partial charge in [-0.15, -0.1) is 0 Å². The van der Waals surface area contributed by atoms with E-state index in [1.165, 1.54) is 7.11 Å². The van der Waals surface area contributed by atoms with E-state index in [9.17, 15) is 9.59 Å². The number of ether oxygens (including phenoxy) is 1. The Morgan fingerprint density at radius 1 is 1.19 bits per heavy atom. The van der Waals surface area contributed by atoms with Gasteiger partial charge in [-0.1, -0.05) is 31.4 Å². The molecule has 1 heterocycles. The molecule has 2 N–H and O–H groups in total. The van der Waals surface area contributed by atoms with E-state index in [1.54, 1.807) is 31.2 Å². The van der Waals surface area contributed by atoms with Gasteiger partial charge in [0.15, 0.2) is 0 Å². The van der Waals surface area contributed by atoms with E-state index in [-0.39, 0.29) is 17.5 Å². The number of unbranched alkanes of at least 4 members (excludes halogenated alkanes) is 2. The minimum atomic E-state index is -0.480. The van der Waals surface area contributed by atoms with Gasteiger partial charge >= 0.3 is 5.97 Å². The van der Waals surface area contributed by atoms with Gasteiger partial charge in [0.2, 0.25) is 5.95 Å². The summed E-state index contributed by atoms with van der Waals surface area (Å²) in [5, 5.41) is 6.20. The smallest absolute Gasteiger partial charge is 0.337 e. The van der Waals surface area contributed by atoms with Crippen molar-refractivity contribution in [3.05, 3.63) is 46.2 Å². The van der Waals surface area contributed by atoms with Crippen LogP contribution in [0.2, 0.25) is 5.02 Å². The third-order valence-corrected chi connectivity index (χ3v) is 4.12. The Kier molecular flexibility index (Phi) is 7.55. The highest BCUT2D eigenvalue weighted by Gasteiger charge is 2.13. The molecule has 0 unspecified atom stereocenters. The molecule has 144 valence electrons. The molecule has 0 aliphatic heterocycles. The number of nitrogens with zero attached hydrogens (tertiary/aromatic N) is 2. The maximum atomic E-state index is 12.3. The first kappa shape index (κ1) is 20.6. The number of aromatic nitrogens is 2. The van der Waals surface area contributed by atoms with Crippen molar-refractivity contribution in [3.63, 3.8) is 0 Å². The van der Waals surface area contributed by atoms with Crippen molar-refractivity contribution < 1.29 is 14.3 Å². The summed E-state index contributed by atoms with van der Waals surface area (Å²) in [5.74, 6) is -0.515. The molecule has 1 amide bonds. The molecule has 1 aromatic carbocycles. The largest absolute Gasteiger partial charge is 0.465 e. The van der Waals surface area contributed by atoms with Crippen molar-refractivity contribution >= 4 is 35.1 Å². The summed E-state index contributed by atoms with van der Waals surface area (Å²) in [6.45, 7) is 4.48. The molecule has 0 spiro atoms. The maximum absolute atomic E-state index is 12.3. The number of anilines is 2. The fourth-order valence-corrected chi connectivity index (χ4v) is 2.56. The highest BCUT2D eigenvalue weighted by atomic mass is 35.5. The monoisotopic (exact) mass is 390 g/mol. The maximum Gasteiger partial charge on any atom is 0.337 e. The standard InChI is InChI=1S/C19H23ClN4O3/c1-4-5-6-9-21-17(25)16-10-12(2)22-19(24-16)23-15-11-13(18(26)27-3)7-8-14(15)20/h7-8,10-11H,4-6,9H2,1-3H3,(H,21,25)(H,22,23,24). The Balaban J connectivity index is 2.19. The van der Waals surface area contributed by atoms with E-state index in [4.69, 9.17) is 16.3 Å². The summed E-state index contributed by atoms with van der Waals surface area (Å²) in [6.07, 6.45) is 3.07. The van der Waals surface area contributed by atoms with Crippen LogP contribution in [0, 0.1) is 6.92 Å². The van der Waals surface area contributed by atoms with Crippen LogP contribution in [0.25, 0.3) is 0 Å². The second-order valence-electron chi connectivity index (χ2n) is 5.99. The van der Waals surface area contributed by atoms with Gasteiger partial charge in [0.05, 0.1) is 23.4 Å².